The maximum Gasteiger partial charge on any atom is 0.237 e. The predicted octanol–water partition coefficient (Wildman–Crippen LogP) is 3.95. The molecule has 1 aromatic rings. The van der Waals surface area contributed by atoms with Crippen LogP contribution in [-0.4, -0.2) is 12.3 Å². The van der Waals surface area contributed by atoms with E-state index in [4.69, 9.17) is 0 Å². The molecule has 2 fully saturated rings. The molecule has 0 aromatic heterocycles. The van der Waals surface area contributed by atoms with Gasteiger partial charge in [0.25, 0.3) is 0 Å². The number of anilines is 1. The van der Waals surface area contributed by atoms with Gasteiger partial charge in [-0.15, -0.1) is 0 Å². The summed E-state index contributed by atoms with van der Waals surface area (Å²) in [5.41, 5.74) is 4.23. The highest BCUT2D eigenvalue weighted by Gasteiger charge is 2.67. The average molecular weight is 323 g/mol. The van der Waals surface area contributed by atoms with Gasteiger partial charge in [-0.3, -0.25) is 14.5 Å². The van der Waals surface area contributed by atoms with Crippen molar-refractivity contribution < 1.29 is 9.59 Å². The summed E-state index contributed by atoms with van der Waals surface area (Å²) in [6, 6.07) is 4.08. The van der Waals surface area contributed by atoms with Crippen LogP contribution in [-0.2, 0) is 9.59 Å². The molecule has 3 aliphatic rings. The number of carbonyl (C=O) groups excluding carboxylic acids is 2. The van der Waals surface area contributed by atoms with Crippen LogP contribution in [0.1, 0.15) is 36.5 Å². The van der Waals surface area contributed by atoms with Gasteiger partial charge in [-0.05, 0) is 67.9 Å². The molecule has 3 nitrogen and oxygen atoms in total. The first-order chi connectivity index (χ1) is 11.4. The second-order valence-electron chi connectivity index (χ2n) is 8.12. The van der Waals surface area contributed by atoms with Crippen molar-refractivity contribution in [2.24, 2.45) is 29.1 Å². The summed E-state index contributed by atoms with van der Waals surface area (Å²) in [6.07, 6.45) is 7.74. The molecule has 4 atom stereocenters. The third-order valence-electron chi connectivity index (χ3n) is 6.70. The van der Waals surface area contributed by atoms with Crippen LogP contribution in [0.25, 0.3) is 0 Å². The van der Waals surface area contributed by atoms with E-state index in [0.29, 0.717) is 23.2 Å². The van der Waals surface area contributed by atoms with Gasteiger partial charge in [-0.2, -0.15) is 0 Å². The van der Waals surface area contributed by atoms with E-state index in [-0.39, 0.29) is 11.8 Å². The van der Waals surface area contributed by atoms with Gasteiger partial charge in [0.05, 0.1) is 5.69 Å². The van der Waals surface area contributed by atoms with E-state index in [1.807, 2.05) is 32.9 Å². The lowest BCUT2D eigenvalue weighted by molar-refractivity contribution is -0.126. The Morgan fingerprint density at radius 3 is 2.21 bits per heavy atom. The minimum atomic E-state index is -0.0622. The average Bonchev–Trinajstić information content (AvgIpc) is 3.17. The smallest absolute Gasteiger partial charge is 0.237 e. The molecule has 2 saturated carbocycles. The summed E-state index contributed by atoms with van der Waals surface area (Å²) in [7, 11) is 0. The van der Waals surface area contributed by atoms with Gasteiger partial charge in [0.1, 0.15) is 0 Å². The normalized spacial score (nSPS) is 31.5. The number of benzene rings is 1. The van der Waals surface area contributed by atoms with Gasteiger partial charge < -0.3 is 0 Å². The van der Waals surface area contributed by atoms with Gasteiger partial charge >= 0.3 is 0 Å². The Morgan fingerprint density at radius 2 is 1.71 bits per heavy atom. The van der Waals surface area contributed by atoms with Crippen LogP contribution >= 0.6 is 0 Å². The molecule has 1 aromatic carbocycles. The summed E-state index contributed by atoms with van der Waals surface area (Å²) in [5.74, 6) is 1.08. The Kier molecular flexibility index (Phi) is 3.28. The molecule has 24 heavy (non-hydrogen) atoms. The highest BCUT2D eigenvalue weighted by Crippen LogP contribution is 2.72. The van der Waals surface area contributed by atoms with Crippen molar-refractivity contribution >= 4 is 18.0 Å². The molecule has 2 bridgehead atoms. The molecule has 4 rings (SSSR count). The van der Waals surface area contributed by atoms with Crippen LogP contribution in [0.5, 0.6) is 0 Å². The van der Waals surface area contributed by atoms with Gasteiger partial charge in [-0.1, -0.05) is 36.8 Å². The van der Waals surface area contributed by atoms with Gasteiger partial charge in [0.2, 0.25) is 12.3 Å². The first-order valence-electron chi connectivity index (χ1n) is 8.95. The van der Waals surface area contributed by atoms with Gasteiger partial charge in [0.15, 0.2) is 0 Å². The fourth-order valence-corrected chi connectivity index (χ4v) is 5.69. The molecular weight excluding hydrogens is 298 g/mol. The van der Waals surface area contributed by atoms with E-state index in [0.717, 1.165) is 28.8 Å². The lowest BCUT2D eigenvalue weighted by Gasteiger charge is -2.29. The lowest BCUT2D eigenvalue weighted by atomic mass is 9.83. The molecule has 1 spiro atoms. The Hall–Kier alpha value is -1.90. The van der Waals surface area contributed by atoms with Crippen LogP contribution in [0.3, 0.4) is 0 Å². The Morgan fingerprint density at radius 1 is 1.12 bits per heavy atom. The fourth-order valence-electron chi connectivity index (χ4n) is 5.69. The van der Waals surface area contributed by atoms with Crippen molar-refractivity contribution in [1.82, 2.24) is 0 Å². The van der Waals surface area contributed by atoms with E-state index in [1.165, 1.54) is 17.7 Å². The number of carbonyl (C=O) groups is 2. The summed E-state index contributed by atoms with van der Waals surface area (Å²) in [6.45, 7) is 8.18. The molecule has 3 aliphatic carbocycles. The number of imide groups is 1. The highest BCUT2D eigenvalue weighted by atomic mass is 16.2. The van der Waals surface area contributed by atoms with Crippen LogP contribution < -0.4 is 4.90 Å². The zero-order chi connectivity index (χ0) is 17.2. The third kappa shape index (κ3) is 1.90. The number of rotatable bonds is 3. The number of aryl methyl sites for hydroxylation is 3. The summed E-state index contributed by atoms with van der Waals surface area (Å²) in [5, 5.41) is 0. The van der Waals surface area contributed by atoms with E-state index in [1.54, 1.807) is 0 Å². The second-order valence-corrected chi connectivity index (χ2v) is 8.12. The molecule has 2 amide bonds. The summed E-state index contributed by atoms with van der Waals surface area (Å²) < 4.78 is 0. The van der Waals surface area contributed by atoms with Crippen LogP contribution in [0, 0.1) is 49.9 Å². The molecule has 0 heterocycles. The van der Waals surface area contributed by atoms with E-state index >= 15 is 0 Å². The molecule has 0 N–H and O–H groups in total. The number of hydrogen-bond donors (Lipinski definition) is 0. The Bertz CT molecular complexity index is 736. The van der Waals surface area contributed by atoms with Gasteiger partial charge in [0, 0.05) is 5.92 Å². The molecule has 0 unspecified atom stereocenters. The van der Waals surface area contributed by atoms with Crippen molar-refractivity contribution in [3.8, 4) is 0 Å². The first kappa shape index (κ1) is 15.6. The minimum Gasteiger partial charge on any atom is -0.278 e. The number of nitrogens with zero attached hydrogens (tertiary/aromatic N) is 1. The topological polar surface area (TPSA) is 37.4 Å². The summed E-state index contributed by atoms with van der Waals surface area (Å²) in [4.78, 5) is 26.6. The number of amides is 2. The zero-order valence-electron chi connectivity index (χ0n) is 14.9. The van der Waals surface area contributed by atoms with Crippen molar-refractivity contribution in [2.75, 3.05) is 4.90 Å². The van der Waals surface area contributed by atoms with Crippen molar-refractivity contribution in [2.45, 2.75) is 40.5 Å². The van der Waals surface area contributed by atoms with Crippen molar-refractivity contribution in [3.63, 3.8) is 0 Å². The fraction of sp³-hybridized carbons (Fsp3) is 0.524. The van der Waals surface area contributed by atoms with Crippen LogP contribution in [0.15, 0.2) is 24.3 Å². The highest BCUT2D eigenvalue weighted by molar-refractivity contribution is 6.09. The molecule has 126 valence electrons. The largest absolute Gasteiger partial charge is 0.278 e. The molecule has 0 aliphatic heterocycles. The lowest BCUT2D eigenvalue weighted by Crippen LogP contribution is -2.40. The first-order valence-corrected chi connectivity index (χ1v) is 8.95. The van der Waals surface area contributed by atoms with Crippen LogP contribution in [0.2, 0.25) is 0 Å². The standard InChI is InChI=1S/C21H25NO2/c1-12-9-13(2)19(14(3)10-12)22(11-23)20(24)18-15(4)16-5-6-17(18)21(16)7-8-21/h5-6,9-11,15-18H,7-8H2,1-4H3/t15-,16+,17+,18+/m1/s1. The maximum absolute atomic E-state index is 13.3. The number of hydrogen-bond acceptors (Lipinski definition) is 2. The quantitative estimate of drug-likeness (QED) is 0.624. The van der Waals surface area contributed by atoms with Crippen LogP contribution in [0.4, 0.5) is 5.69 Å². The Balaban J connectivity index is 1.71. The molecule has 3 heteroatoms. The number of allylic oxidation sites excluding steroid dienone is 2. The Labute approximate surface area is 143 Å². The predicted molar refractivity (Wildman–Crippen MR) is 94.6 cm³/mol. The molecular formula is C21H25NO2. The summed E-state index contributed by atoms with van der Waals surface area (Å²) >= 11 is 0. The van der Waals surface area contributed by atoms with E-state index < -0.39 is 0 Å². The second kappa shape index (κ2) is 5.05. The van der Waals surface area contributed by atoms with Gasteiger partial charge in [-0.25, -0.2) is 0 Å². The zero-order valence-corrected chi connectivity index (χ0v) is 14.9. The maximum atomic E-state index is 13.3. The molecule has 0 saturated heterocycles. The monoisotopic (exact) mass is 323 g/mol. The van der Waals surface area contributed by atoms with E-state index in [2.05, 4.69) is 19.1 Å². The third-order valence-corrected chi connectivity index (χ3v) is 6.70. The van der Waals surface area contributed by atoms with Crippen molar-refractivity contribution in [1.29, 1.82) is 0 Å². The van der Waals surface area contributed by atoms with Crippen molar-refractivity contribution in [3.05, 3.63) is 41.0 Å². The minimum absolute atomic E-state index is 0.0179. The SMILES string of the molecule is Cc1cc(C)c(N(C=O)C(=O)[C@H]2[C@H](C)[C@@H]3C=C[C@@H]2C32CC2)c(C)c1. The van der Waals surface area contributed by atoms with E-state index in [9.17, 15) is 9.59 Å². The molecule has 0 radical (unpaired) electrons.